The van der Waals surface area contributed by atoms with E-state index in [1.807, 2.05) is 0 Å². The van der Waals surface area contributed by atoms with Crippen molar-refractivity contribution in [2.45, 2.75) is 38.3 Å². The highest BCUT2D eigenvalue weighted by molar-refractivity contribution is 6.02. The van der Waals surface area contributed by atoms with Gasteiger partial charge in [0.2, 0.25) is 0 Å². The molecular formula is C21H24FN7O. The number of aromatic nitrogens is 4. The van der Waals surface area contributed by atoms with Crippen molar-refractivity contribution in [2.75, 3.05) is 30.4 Å². The molecule has 1 N–H and O–H groups in total. The normalized spacial score (nSPS) is 19.1. The van der Waals surface area contributed by atoms with Gasteiger partial charge in [-0.05, 0) is 33.2 Å². The number of imidazole rings is 1. The number of aryl methyl sites for hydroxylation is 1. The van der Waals surface area contributed by atoms with E-state index in [2.05, 4.69) is 37.1 Å². The average Bonchev–Trinajstić information content (AvgIpc) is 3.33. The summed E-state index contributed by atoms with van der Waals surface area (Å²) in [5.74, 6) is -0.154. The SMILES string of the molecule is Cc1cn2cc(NC(=O)c3cnc(N4CCC(N(C)C5CC5)C4)cn3)cc(F)c2n1. The van der Waals surface area contributed by atoms with Gasteiger partial charge in [-0.1, -0.05) is 0 Å². The highest BCUT2D eigenvalue weighted by Crippen LogP contribution is 2.30. The number of halogens is 1. The molecule has 4 heterocycles. The summed E-state index contributed by atoms with van der Waals surface area (Å²) in [6, 6.07) is 2.53. The van der Waals surface area contributed by atoms with Gasteiger partial charge in [0.1, 0.15) is 11.5 Å². The molecule has 0 aromatic carbocycles. The van der Waals surface area contributed by atoms with Crippen molar-refractivity contribution in [1.82, 2.24) is 24.3 Å². The lowest BCUT2D eigenvalue weighted by Crippen LogP contribution is -2.36. The molecule has 30 heavy (non-hydrogen) atoms. The molecule has 9 heteroatoms. The molecule has 0 spiro atoms. The minimum Gasteiger partial charge on any atom is -0.354 e. The van der Waals surface area contributed by atoms with Gasteiger partial charge < -0.3 is 14.6 Å². The Morgan fingerprint density at radius 2 is 2.03 bits per heavy atom. The van der Waals surface area contributed by atoms with Crippen molar-refractivity contribution in [3.8, 4) is 0 Å². The molecule has 1 atom stereocenters. The van der Waals surface area contributed by atoms with Crippen molar-refractivity contribution in [1.29, 1.82) is 0 Å². The van der Waals surface area contributed by atoms with E-state index in [0.717, 1.165) is 31.4 Å². The first-order chi connectivity index (χ1) is 14.5. The largest absolute Gasteiger partial charge is 0.354 e. The number of rotatable bonds is 5. The second-order valence-electron chi connectivity index (χ2n) is 8.19. The Morgan fingerprint density at radius 1 is 1.20 bits per heavy atom. The van der Waals surface area contributed by atoms with Crippen LogP contribution in [-0.4, -0.2) is 62.4 Å². The van der Waals surface area contributed by atoms with Gasteiger partial charge in [-0.2, -0.15) is 0 Å². The Hall–Kier alpha value is -3.07. The van der Waals surface area contributed by atoms with Crippen LogP contribution in [0.15, 0.2) is 30.9 Å². The molecule has 1 saturated carbocycles. The molecular weight excluding hydrogens is 385 g/mol. The number of hydrogen-bond donors (Lipinski definition) is 1. The van der Waals surface area contributed by atoms with Gasteiger partial charge >= 0.3 is 0 Å². The first-order valence-electron chi connectivity index (χ1n) is 10.2. The fourth-order valence-corrected chi connectivity index (χ4v) is 4.11. The monoisotopic (exact) mass is 409 g/mol. The molecule has 1 aliphatic heterocycles. The quantitative estimate of drug-likeness (QED) is 0.698. The van der Waals surface area contributed by atoms with Gasteiger partial charge in [-0.3, -0.25) is 9.69 Å². The molecule has 156 valence electrons. The van der Waals surface area contributed by atoms with Crippen LogP contribution in [0.1, 0.15) is 35.4 Å². The fourth-order valence-electron chi connectivity index (χ4n) is 4.11. The number of fused-ring (bicyclic) bond motifs is 1. The summed E-state index contributed by atoms with van der Waals surface area (Å²) in [5, 5.41) is 2.68. The Bertz CT molecular complexity index is 1090. The average molecular weight is 409 g/mol. The molecule has 1 amide bonds. The smallest absolute Gasteiger partial charge is 0.275 e. The highest BCUT2D eigenvalue weighted by Gasteiger charge is 2.35. The molecule has 1 aliphatic carbocycles. The molecule has 1 unspecified atom stereocenters. The maximum atomic E-state index is 14.2. The minimum atomic E-state index is -0.498. The van der Waals surface area contributed by atoms with Crippen LogP contribution >= 0.6 is 0 Å². The molecule has 0 bridgehead atoms. The van der Waals surface area contributed by atoms with E-state index in [9.17, 15) is 9.18 Å². The predicted octanol–water partition coefficient (Wildman–Crippen LogP) is 2.50. The lowest BCUT2D eigenvalue weighted by molar-refractivity contribution is 0.102. The third kappa shape index (κ3) is 3.60. The zero-order valence-corrected chi connectivity index (χ0v) is 17.0. The van der Waals surface area contributed by atoms with Crippen LogP contribution in [0.3, 0.4) is 0 Å². The van der Waals surface area contributed by atoms with Crippen LogP contribution in [0.25, 0.3) is 5.65 Å². The van der Waals surface area contributed by atoms with E-state index in [1.165, 1.54) is 25.1 Å². The number of carbonyl (C=O) groups is 1. The van der Waals surface area contributed by atoms with E-state index in [0.29, 0.717) is 17.4 Å². The van der Waals surface area contributed by atoms with Crippen LogP contribution in [0.4, 0.5) is 15.9 Å². The van der Waals surface area contributed by atoms with Crippen molar-refractivity contribution in [3.63, 3.8) is 0 Å². The van der Waals surface area contributed by atoms with Gasteiger partial charge in [0.25, 0.3) is 5.91 Å². The summed E-state index contributed by atoms with van der Waals surface area (Å²) in [6.45, 7) is 3.65. The van der Waals surface area contributed by atoms with Crippen LogP contribution in [0, 0.1) is 12.7 Å². The number of anilines is 2. The Morgan fingerprint density at radius 3 is 2.77 bits per heavy atom. The van der Waals surface area contributed by atoms with E-state index >= 15 is 0 Å². The van der Waals surface area contributed by atoms with Crippen molar-refractivity contribution in [3.05, 3.63) is 48.1 Å². The number of nitrogens with zero attached hydrogens (tertiary/aromatic N) is 6. The summed E-state index contributed by atoms with van der Waals surface area (Å²) in [5.41, 5.74) is 1.45. The molecule has 2 fully saturated rings. The minimum absolute atomic E-state index is 0.187. The Kier molecular flexibility index (Phi) is 4.62. The van der Waals surface area contributed by atoms with Crippen molar-refractivity contribution >= 4 is 23.1 Å². The van der Waals surface area contributed by atoms with Crippen LogP contribution in [0.2, 0.25) is 0 Å². The first kappa shape index (κ1) is 18.9. The Labute approximate surface area is 173 Å². The van der Waals surface area contributed by atoms with Gasteiger partial charge in [-0.15, -0.1) is 0 Å². The van der Waals surface area contributed by atoms with E-state index in [1.54, 1.807) is 29.9 Å². The standard InChI is InChI=1S/C21H24FN7O/c1-13-10-29-11-14(7-17(22)20(29)25-13)26-21(30)18-8-24-19(9-23-18)28-6-5-16(12-28)27(2)15-3-4-15/h7-11,15-16H,3-6,12H2,1-2H3,(H,26,30). The maximum absolute atomic E-state index is 14.2. The number of likely N-dealkylation sites (N-methyl/N-ethyl adjacent to an activating group) is 1. The number of nitrogens with one attached hydrogen (secondary N) is 1. The highest BCUT2D eigenvalue weighted by atomic mass is 19.1. The predicted molar refractivity (Wildman–Crippen MR) is 111 cm³/mol. The zero-order chi connectivity index (χ0) is 20.8. The molecule has 3 aromatic heterocycles. The van der Waals surface area contributed by atoms with Crippen LogP contribution in [-0.2, 0) is 0 Å². The fraction of sp³-hybridized carbons (Fsp3) is 0.429. The third-order valence-electron chi connectivity index (χ3n) is 5.94. The first-order valence-corrected chi connectivity index (χ1v) is 10.2. The van der Waals surface area contributed by atoms with Gasteiger partial charge in [0.05, 0.1) is 23.8 Å². The number of hydrogen-bond acceptors (Lipinski definition) is 6. The molecule has 0 radical (unpaired) electrons. The summed E-state index contributed by atoms with van der Waals surface area (Å²) in [4.78, 5) is 30.1. The maximum Gasteiger partial charge on any atom is 0.275 e. The third-order valence-corrected chi connectivity index (χ3v) is 5.94. The molecule has 2 aliphatic rings. The lowest BCUT2D eigenvalue weighted by atomic mass is 10.2. The van der Waals surface area contributed by atoms with Crippen LogP contribution in [0.5, 0.6) is 0 Å². The van der Waals surface area contributed by atoms with Gasteiger partial charge in [0, 0.05) is 43.6 Å². The second kappa shape index (κ2) is 7.32. The summed E-state index contributed by atoms with van der Waals surface area (Å²) >= 11 is 0. The number of pyridine rings is 1. The zero-order valence-electron chi connectivity index (χ0n) is 17.0. The second-order valence-corrected chi connectivity index (χ2v) is 8.19. The number of carbonyl (C=O) groups excluding carboxylic acids is 1. The molecule has 5 rings (SSSR count). The molecule has 3 aromatic rings. The number of amides is 1. The molecule has 8 nitrogen and oxygen atoms in total. The van der Waals surface area contributed by atoms with Crippen LogP contribution < -0.4 is 10.2 Å². The summed E-state index contributed by atoms with van der Waals surface area (Å²) in [7, 11) is 2.20. The topological polar surface area (TPSA) is 78.7 Å². The van der Waals surface area contributed by atoms with Crippen molar-refractivity contribution in [2.24, 2.45) is 0 Å². The van der Waals surface area contributed by atoms with E-state index in [4.69, 9.17) is 0 Å². The van der Waals surface area contributed by atoms with E-state index < -0.39 is 11.7 Å². The van der Waals surface area contributed by atoms with Gasteiger partial charge in [0.15, 0.2) is 11.5 Å². The molecule has 1 saturated heterocycles. The lowest BCUT2D eigenvalue weighted by Gasteiger charge is -2.24. The van der Waals surface area contributed by atoms with E-state index in [-0.39, 0.29) is 11.3 Å². The Balaban J connectivity index is 1.26. The summed E-state index contributed by atoms with van der Waals surface area (Å²) < 4.78 is 15.8. The summed E-state index contributed by atoms with van der Waals surface area (Å²) in [6.07, 6.45) is 10.1. The van der Waals surface area contributed by atoms with Crippen molar-refractivity contribution < 1.29 is 9.18 Å². The van der Waals surface area contributed by atoms with Gasteiger partial charge in [-0.25, -0.2) is 19.3 Å².